The highest BCUT2D eigenvalue weighted by molar-refractivity contribution is 5.76. The predicted octanol–water partition coefficient (Wildman–Crippen LogP) is 0.666. The number of nitrogens with two attached hydrogens (primary N) is 1. The van der Waals surface area contributed by atoms with E-state index in [2.05, 4.69) is 25.8 Å². The van der Waals surface area contributed by atoms with Gasteiger partial charge in [-0.1, -0.05) is 0 Å². The molecule has 1 amide bonds. The summed E-state index contributed by atoms with van der Waals surface area (Å²) in [6.07, 6.45) is 1.36. The van der Waals surface area contributed by atoms with Crippen LogP contribution in [0.4, 0.5) is 0 Å². The van der Waals surface area contributed by atoms with Gasteiger partial charge in [-0.15, -0.1) is 0 Å². The molecule has 1 saturated heterocycles. The molecule has 1 fully saturated rings. The van der Waals surface area contributed by atoms with Crippen molar-refractivity contribution in [3.8, 4) is 0 Å². The Hall–Kier alpha value is -0.610. The van der Waals surface area contributed by atoms with E-state index in [0.29, 0.717) is 6.42 Å². The van der Waals surface area contributed by atoms with Crippen LogP contribution in [0.1, 0.15) is 33.6 Å². The molecule has 4 heteroatoms. The van der Waals surface area contributed by atoms with Crippen LogP contribution < -0.4 is 5.73 Å². The largest absolute Gasteiger partial charge is 0.340 e. The SMILES string of the molecule is CC(N)CCC(=O)N1CCN(C)C(C)(C)C1. The van der Waals surface area contributed by atoms with Crippen LogP contribution in [0.2, 0.25) is 0 Å². The Bertz CT molecular complexity index is 251. The highest BCUT2D eigenvalue weighted by atomic mass is 16.2. The summed E-state index contributed by atoms with van der Waals surface area (Å²) in [4.78, 5) is 16.2. The minimum atomic E-state index is 0.0856. The standard InChI is InChI=1S/C12H25N3O/c1-10(13)5-6-11(16)15-8-7-14(4)12(2,3)9-15/h10H,5-9,13H2,1-4H3. The second-order valence-corrected chi connectivity index (χ2v) is 5.57. The van der Waals surface area contributed by atoms with Gasteiger partial charge >= 0.3 is 0 Å². The number of amides is 1. The van der Waals surface area contributed by atoms with Crippen molar-refractivity contribution < 1.29 is 4.79 Å². The van der Waals surface area contributed by atoms with E-state index in [-0.39, 0.29) is 17.5 Å². The van der Waals surface area contributed by atoms with Crippen molar-refractivity contribution in [2.75, 3.05) is 26.7 Å². The molecular formula is C12H25N3O. The number of carbonyl (C=O) groups is 1. The Morgan fingerprint density at radius 3 is 2.56 bits per heavy atom. The first-order valence-electron chi connectivity index (χ1n) is 6.07. The lowest BCUT2D eigenvalue weighted by atomic mass is 9.99. The van der Waals surface area contributed by atoms with Crippen LogP contribution in [0.25, 0.3) is 0 Å². The Labute approximate surface area is 98.8 Å². The van der Waals surface area contributed by atoms with Crippen LogP contribution in [-0.4, -0.2) is 54.0 Å². The number of hydrogen-bond donors (Lipinski definition) is 1. The van der Waals surface area contributed by atoms with E-state index in [1.165, 1.54) is 0 Å². The Morgan fingerprint density at radius 2 is 2.06 bits per heavy atom. The molecule has 2 N–H and O–H groups in total. The molecule has 1 atom stereocenters. The fraction of sp³-hybridized carbons (Fsp3) is 0.917. The van der Waals surface area contributed by atoms with Gasteiger partial charge in [0.1, 0.15) is 0 Å². The van der Waals surface area contributed by atoms with E-state index in [0.717, 1.165) is 26.1 Å². The summed E-state index contributed by atoms with van der Waals surface area (Å²) in [6, 6.07) is 0.115. The third kappa shape index (κ3) is 3.46. The second kappa shape index (κ2) is 5.15. The van der Waals surface area contributed by atoms with Crippen molar-refractivity contribution in [2.24, 2.45) is 5.73 Å². The molecule has 0 aromatic carbocycles. The maximum Gasteiger partial charge on any atom is 0.222 e. The van der Waals surface area contributed by atoms with Gasteiger partial charge in [-0.2, -0.15) is 0 Å². The smallest absolute Gasteiger partial charge is 0.222 e. The van der Waals surface area contributed by atoms with Crippen molar-refractivity contribution in [3.63, 3.8) is 0 Å². The van der Waals surface area contributed by atoms with E-state index in [9.17, 15) is 4.79 Å². The van der Waals surface area contributed by atoms with Gasteiger partial charge in [-0.05, 0) is 34.2 Å². The molecule has 94 valence electrons. The first kappa shape index (κ1) is 13.5. The summed E-state index contributed by atoms with van der Waals surface area (Å²) in [5.41, 5.74) is 5.75. The van der Waals surface area contributed by atoms with Gasteiger partial charge in [0.2, 0.25) is 5.91 Å². The van der Waals surface area contributed by atoms with Gasteiger partial charge < -0.3 is 10.6 Å². The van der Waals surface area contributed by atoms with Gasteiger partial charge in [0.25, 0.3) is 0 Å². The topological polar surface area (TPSA) is 49.6 Å². The van der Waals surface area contributed by atoms with Crippen LogP contribution in [0.3, 0.4) is 0 Å². The number of piperazine rings is 1. The zero-order valence-electron chi connectivity index (χ0n) is 11.0. The molecule has 1 rings (SSSR count). The molecule has 0 saturated carbocycles. The summed E-state index contributed by atoms with van der Waals surface area (Å²) >= 11 is 0. The van der Waals surface area contributed by atoms with Crippen molar-refractivity contribution in [3.05, 3.63) is 0 Å². The molecule has 0 spiro atoms. The molecule has 16 heavy (non-hydrogen) atoms. The van der Waals surface area contributed by atoms with Gasteiger partial charge in [0, 0.05) is 37.6 Å². The quantitative estimate of drug-likeness (QED) is 0.771. The summed E-state index contributed by atoms with van der Waals surface area (Å²) in [5.74, 6) is 0.249. The van der Waals surface area contributed by atoms with Gasteiger partial charge in [0.05, 0.1) is 0 Å². The van der Waals surface area contributed by atoms with E-state index in [1.807, 2.05) is 11.8 Å². The summed E-state index contributed by atoms with van der Waals surface area (Å²) in [7, 11) is 2.11. The van der Waals surface area contributed by atoms with E-state index >= 15 is 0 Å². The van der Waals surface area contributed by atoms with Crippen LogP contribution in [0, 0.1) is 0 Å². The van der Waals surface area contributed by atoms with E-state index in [4.69, 9.17) is 5.73 Å². The number of nitrogens with zero attached hydrogens (tertiary/aromatic N) is 2. The average Bonchev–Trinajstić information content (AvgIpc) is 2.18. The molecular weight excluding hydrogens is 202 g/mol. The maximum atomic E-state index is 11.9. The normalized spacial score (nSPS) is 23.2. The fourth-order valence-electron chi connectivity index (χ4n) is 1.96. The van der Waals surface area contributed by atoms with Crippen molar-refractivity contribution >= 4 is 5.91 Å². The number of carbonyl (C=O) groups excluding carboxylic acids is 1. The van der Waals surface area contributed by atoms with Crippen molar-refractivity contribution in [1.82, 2.24) is 9.80 Å². The predicted molar refractivity (Wildman–Crippen MR) is 66.2 cm³/mol. The lowest BCUT2D eigenvalue weighted by Crippen LogP contribution is -2.58. The summed E-state index contributed by atoms with van der Waals surface area (Å²) in [6.45, 7) is 8.92. The minimum absolute atomic E-state index is 0.0856. The molecule has 0 aromatic heterocycles. The van der Waals surface area contributed by atoms with Crippen LogP contribution in [0.15, 0.2) is 0 Å². The minimum Gasteiger partial charge on any atom is -0.340 e. The number of hydrogen-bond acceptors (Lipinski definition) is 3. The zero-order chi connectivity index (χ0) is 12.3. The zero-order valence-corrected chi connectivity index (χ0v) is 11.0. The highest BCUT2D eigenvalue weighted by Gasteiger charge is 2.32. The first-order valence-corrected chi connectivity index (χ1v) is 6.07. The Kier molecular flexibility index (Phi) is 4.33. The van der Waals surface area contributed by atoms with Crippen LogP contribution in [0.5, 0.6) is 0 Å². The monoisotopic (exact) mass is 227 g/mol. The summed E-state index contributed by atoms with van der Waals surface area (Å²) in [5, 5.41) is 0. The molecule has 0 radical (unpaired) electrons. The number of likely N-dealkylation sites (N-methyl/N-ethyl adjacent to an activating group) is 1. The fourth-order valence-corrected chi connectivity index (χ4v) is 1.96. The second-order valence-electron chi connectivity index (χ2n) is 5.57. The van der Waals surface area contributed by atoms with Gasteiger partial charge in [-0.25, -0.2) is 0 Å². The maximum absolute atomic E-state index is 11.9. The number of rotatable bonds is 3. The van der Waals surface area contributed by atoms with Gasteiger partial charge in [0.15, 0.2) is 0 Å². The lowest BCUT2D eigenvalue weighted by Gasteiger charge is -2.45. The van der Waals surface area contributed by atoms with Crippen molar-refractivity contribution in [1.29, 1.82) is 0 Å². The van der Waals surface area contributed by atoms with E-state index < -0.39 is 0 Å². The van der Waals surface area contributed by atoms with Crippen LogP contribution in [-0.2, 0) is 4.79 Å². The molecule has 0 aliphatic carbocycles. The molecule has 1 aliphatic rings. The molecule has 0 bridgehead atoms. The molecule has 1 aliphatic heterocycles. The molecule has 1 heterocycles. The molecule has 1 unspecified atom stereocenters. The first-order chi connectivity index (χ1) is 7.33. The average molecular weight is 227 g/mol. The Balaban J connectivity index is 2.46. The van der Waals surface area contributed by atoms with Crippen LogP contribution >= 0.6 is 0 Å². The van der Waals surface area contributed by atoms with E-state index in [1.54, 1.807) is 0 Å². The third-order valence-electron chi connectivity index (χ3n) is 3.48. The lowest BCUT2D eigenvalue weighted by molar-refractivity contribution is -0.135. The van der Waals surface area contributed by atoms with Gasteiger partial charge in [-0.3, -0.25) is 9.69 Å². The Morgan fingerprint density at radius 1 is 1.44 bits per heavy atom. The molecule has 0 aromatic rings. The summed E-state index contributed by atoms with van der Waals surface area (Å²) < 4.78 is 0. The highest BCUT2D eigenvalue weighted by Crippen LogP contribution is 2.19. The van der Waals surface area contributed by atoms with Crippen molar-refractivity contribution in [2.45, 2.75) is 45.2 Å². The third-order valence-corrected chi connectivity index (χ3v) is 3.48. The molecule has 4 nitrogen and oxygen atoms in total.